The summed E-state index contributed by atoms with van der Waals surface area (Å²) in [5, 5.41) is 12.6. The van der Waals surface area contributed by atoms with Crippen molar-refractivity contribution in [1.29, 1.82) is 0 Å². The highest BCUT2D eigenvalue weighted by molar-refractivity contribution is 9.10. The van der Waals surface area contributed by atoms with Crippen molar-refractivity contribution in [2.24, 2.45) is 5.92 Å². The quantitative estimate of drug-likeness (QED) is 0.908. The Hall–Kier alpha value is -1.76. The minimum absolute atomic E-state index is 0.0574. The molecule has 2 rings (SSSR count). The molecule has 0 aromatic carbocycles. The van der Waals surface area contributed by atoms with E-state index >= 15 is 0 Å². The highest BCUT2D eigenvalue weighted by Gasteiger charge is 2.16. The molecule has 0 bridgehead atoms. The summed E-state index contributed by atoms with van der Waals surface area (Å²) >= 11 is 3.36. The van der Waals surface area contributed by atoms with Crippen molar-refractivity contribution in [2.75, 3.05) is 0 Å². The van der Waals surface area contributed by atoms with E-state index < -0.39 is 5.97 Å². The van der Waals surface area contributed by atoms with E-state index in [1.54, 1.807) is 12.3 Å². The van der Waals surface area contributed by atoms with Gasteiger partial charge in [-0.3, -0.25) is 9.78 Å². The third kappa shape index (κ3) is 3.60. The first-order valence-corrected chi connectivity index (χ1v) is 6.51. The Morgan fingerprint density at radius 3 is 3.05 bits per heavy atom. The van der Waals surface area contributed by atoms with E-state index in [-0.39, 0.29) is 12.3 Å². The summed E-state index contributed by atoms with van der Waals surface area (Å²) in [6.45, 7) is 1.83. The van der Waals surface area contributed by atoms with Crippen LogP contribution in [0.1, 0.15) is 19.2 Å². The molecule has 2 aromatic heterocycles. The lowest BCUT2D eigenvalue weighted by Gasteiger charge is -2.03. The minimum Gasteiger partial charge on any atom is -0.481 e. The number of carbonyl (C=O) groups is 1. The normalized spacial score (nSPS) is 12.3. The molecule has 1 unspecified atom stereocenters. The Labute approximate surface area is 118 Å². The predicted octanol–water partition coefficient (Wildman–Crippen LogP) is 2.55. The Morgan fingerprint density at radius 1 is 1.58 bits per heavy atom. The summed E-state index contributed by atoms with van der Waals surface area (Å²) < 4.78 is 5.89. The number of rotatable bonds is 5. The molecule has 100 valence electrons. The molecule has 0 aliphatic heterocycles. The van der Waals surface area contributed by atoms with Crippen molar-refractivity contribution >= 4 is 21.9 Å². The molecule has 0 amide bonds. The number of pyridine rings is 1. The summed E-state index contributed by atoms with van der Waals surface area (Å²) in [5.41, 5.74) is 0.600. The maximum atomic E-state index is 10.6. The molecule has 0 saturated heterocycles. The standard InChI is InChI=1S/C12H12BrN3O3/c1-7(6-10(17)18)5-9-15-12(16-19-9)11-8(13)3-2-4-14-11/h2-4,7H,5-6H2,1H3,(H,17,18). The van der Waals surface area contributed by atoms with Crippen LogP contribution in [0.2, 0.25) is 0 Å². The van der Waals surface area contributed by atoms with E-state index in [0.29, 0.717) is 23.8 Å². The van der Waals surface area contributed by atoms with Gasteiger partial charge in [-0.1, -0.05) is 12.1 Å². The molecule has 1 atom stereocenters. The van der Waals surface area contributed by atoms with Gasteiger partial charge >= 0.3 is 5.97 Å². The molecule has 7 heteroatoms. The summed E-state index contributed by atoms with van der Waals surface area (Å²) in [4.78, 5) is 19.0. The van der Waals surface area contributed by atoms with Crippen molar-refractivity contribution in [3.05, 3.63) is 28.7 Å². The summed E-state index contributed by atoms with van der Waals surface area (Å²) in [6, 6.07) is 3.63. The van der Waals surface area contributed by atoms with Crippen molar-refractivity contribution in [1.82, 2.24) is 15.1 Å². The van der Waals surface area contributed by atoms with Crippen LogP contribution in [0.4, 0.5) is 0 Å². The van der Waals surface area contributed by atoms with Crippen LogP contribution in [0.15, 0.2) is 27.3 Å². The van der Waals surface area contributed by atoms with E-state index in [0.717, 1.165) is 4.47 Å². The Morgan fingerprint density at radius 2 is 2.37 bits per heavy atom. The smallest absolute Gasteiger partial charge is 0.303 e. The molecule has 2 heterocycles. The van der Waals surface area contributed by atoms with Gasteiger partial charge in [-0.15, -0.1) is 0 Å². The number of aromatic nitrogens is 3. The number of aliphatic carboxylic acids is 1. The zero-order chi connectivity index (χ0) is 13.8. The Bertz CT molecular complexity index is 585. The molecule has 0 aliphatic rings. The fraction of sp³-hybridized carbons (Fsp3) is 0.333. The Balaban J connectivity index is 2.11. The summed E-state index contributed by atoms with van der Waals surface area (Å²) in [6.07, 6.45) is 2.15. The monoisotopic (exact) mass is 325 g/mol. The van der Waals surface area contributed by atoms with Crippen LogP contribution in [-0.2, 0) is 11.2 Å². The lowest BCUT2D eigenvalue weighted by Crippen LogP contribution is -2.07. The summed E-state index contributed by atoms with van der Waals surface area (Å²) in [5.74, 6) is -0.0796. The predicted molar refractivity (Wildman–Crippen MR) is 70.3 cm³/mol. The van der Waals surface area contributed by atoms with Gasteiger partial charge in [0, 0.05) is 23.5 Å². The lowest BCUT2D eigenvalue weighted by atomic mass is 10.0. The van der Waals surface area contributed by atoms with Gasteiger partial charge in [0.1, 0.15) is 5.69 Å². The molecule has 19 heavy (non-hydrogen) atoms. The molecule has 2 aromatic rings. The number of hydrogen-bond acceptors (Lipinski definition) is 5. The number of carboxylic acids is 1. The number of halogens is 1. The first kappa shape index (κ1) is 13.7. The van der Waals surface area contributed by atoms with Crippen molar-refractivity contribution in [3.63, 3.8) is 0 Å². The fourth-order valence-corrected chi connectivity index (χ4v) is 2.08. The topological polar surface area (TPSA) is 89.1 Å². The third-order valence-corrected chi connectivity index (χ3v) is 3.12. The van der Waals surface area contributed by atoms with E-state index in [4.69, 9.17) is 9.63 Å². The van der Waals surface area contributed by atoms with Crippen LogP contribution in [-0.4, -0.2) is 26.2 Å². The van der Waals surface area contributed by atoms with Gasteiger partial charge in [-0.2, -0.15) is 4.98 Å². The fourth-order valence-electron chi connectivity index (χ4n) is 1.65. The molecular weight excluding hydrogens is 314 g/mol. The first-order chi connectivity index (χ1) is 9.06. The maximum Gasteiger partial charge on any atom is 0.303 e. The van der Waals surface area contributed by atoms with E-state index in [1.165, 1.54) is 0 Å². The molecule has 0 radical (unpaired) electrons. The average Bonchev–Trinajstić information content (AvgIpc) is 2.76. The van der Waals surface area contributed by atoms with Crippen LogP contribution < -0.4 is 0 Å². The zero-order valence-corrected chi connectivity index (χ0v) is 11.8. The second-order valence-electron chi connectivity index (χ2n) is 4.25. The number of carboxylic acid groups (broad SMARTS) is 1. The van der Waals surface area contributed by atoms with Gasteiger partial charge < -0.3 is 9.63 Å². The molecule has 0 saturated carbocycles. The van der Waals surface area contributed by atoms with E-state index in [9.17, 15) is 4.79 Å². The molecule has 1 N–H and O–H groups in total. The Kier molecular flexibility index (Phi) is 4.26. The van der Waals surface area contributed by atoms with Gasteiger partial charge in [-0.05, 0) is 34.0 Å². The molecule has 6 nitrogen and oxygen atoms in total. The minimum atomic E-state index is -0.834. The second kappa shape index (κ2) is 5.92. The van der Waals surface area contributed by atoms with Crippen LogP contribution in [0.25, 0.3) is 11.5 Å². The number of hydrogen-bond donors (Lipinski definition) is 1. The largest absolute Gasteiger partial charge is 0.481 e. The summed E-state index contributed by atoms with van der Waals surface area (Å²) in [7, 11) is 0. The van der Waals surface area contributed by atoms with Crippen LogP contribution in [0.5, 0.6) is 0 Å². The van der Waals surface area contributed by atoms with Crippen molar-refractivity contribution in [3.8, 4) is 11.5 Å². The highest BCUT2D eigenvalue weighted by Crippen LogP contribution is 2.23. The van der Waals surface area contributed by atoms with Crippen LogP contribution in [0, 0.1) is 5.92 Å². The number of nitrogens with zero attached hydrogens (tertiary/aromatic N) is 3. The highest BCUT2D eigenvalue weighted by atomic mass is 79.9. The zero-order valence-electron chi connectivity index (χ0n) is 10.2. The SMILES string of the molecule is CC(CC(=O)O)Cc1nc(-c2ncccc2Br)no1. The average molecular weight is 326 g/mol. The third-order valence-electron chi connectivity index (χ3n) is 2.48. The van der Waals surface area contributed by atoms with Crippen molar-refractivity contribution < 1.29 is 14.4 Å². The van der Waals surface area contributed by atoms with Crippen molar-refractivity contribution in [2.45, 2.75) is 19.8 Å². The maximum absolute atomic E-state index is 10.6. The molecule has 0 fully saturated rings. The second-order valence-corrected chi connectivity index (χ2v) is 5.11. The van der Waals surface area contributed by atoms with Crippen LogP contribution in [0.3, 0.4) is 0 Å². The molecular formula is C12H12BrN3O3. The first-order valence-electron chi connectivity index (χ1n) is 5.71. The van der Waals surface area contributed by atoms with Gasteiger partial charge in [0.25, 0.3) is 0 Å². The van der Waals surface area contributed by atoms with Gasteiger partial charge in [-0.25, -0.2) is 0 Å². The van der Waals surface area contributed by atoms with E-state index in [2.05, 4.69) is 31.1 Å². The molecule has 0 spiro atoms. The van der Waals surface area contributed by atoms with Gasteiger partial charge in [0.05, 0.1) is 0 Å². The molecule has 0 aliphatic carbocycles. The lowest BCUT2D eigenvalue weighted by molar-refractivity contribution is -0.137. The van der Waals surface area contributed by atoms with Crippen LogP contribution >= 0.6 is 15.9 Å². The van der Waals surface area contributed by atoms with Gasteiger partial charge in [0.2, 0.25) is 11.7 Å². The van der Waals surface area contributed by atoms with Gasteiger partial charge in [0.15, 0.2) is 0 Å². The van der Waals surface area contributed by atoms with E-state index in [1.807, 2.05) is 13.0 Å².